The van der Waals surface area contributed by atoms with Gasteiger partial charge >= 0.3 is 17.9 Å². The van der Waals surface area contributed by atoms with E-state index in [1.165, 1.54) is 101 Å². The van der Waals surface area contributed by atoms with Crippen molar-refractivity contribution in [3.8, 4) is 16.9 Å². The summed E-state index contributed by atoms with van der Waals surface area (Å²) < 4.78 is 15.9. The van der Waals surface area contributed by atoms with Crippen LogP contribution in [0, 0.1) is 5.92 Å². The lowest BCUT2D eigenvalue weighted by Crippen LogP contribution is -2.27. The van der Waals surface area contributed by atoms with Crippen molar-refractivity contribution in [3.05, 3.63) is 89.5 Å². The number of carbonyl (C=O) groups is 3. The van der Waals surface area contributed by atoms with Crippen molar-refractivity contribution in [3.63, 3.8) is 0 Å². The molecule has 0 saturated heterocycles. The van der Waals surface area contributed by atoms with Crippen molar-refractivity contribution in [2.24, 2.45) is 5.92 Å². The molecule has 0 aliphatic rings. The molecule has 0 spiro atoms. The SMILES string of the molecule is CCCCCCCCCCCCc1ccc(-c2ccc(C(=O)Oc3ccc(C(=O)O[C@@H](C)C(=O)OC[C@@H](C)CC)cc3)cc2)cc1. The molecule has 0 aliphatic carbocycles. The number of rotatable bonds is 20. The Hall–Kier alpha value is -3.93. The van der Waals surface area contributed by atoms with Gasteiger partial charge in [0.2, 0.25) is 0 Å². The van der Waals surface area contributed by atoms with Crippen LogP contribution in [-0.4, -0.2) is 30.6 Å². The molecule has 0 bridgehead atoms. The van der Waals surface area contributed by atoms with Crippen LogP contribution in [0.5, 0.6) is 5.75 Å². The van der Waals surface area contributed by atoms with Gasteiger partial charge in [0.15, 0.2) is 6.10 Å². The average Bonchev–Trinajstić information content (AvgIpc) is 3.08. The highest BCUT2D eigenvalue weighted by Crippen LogP contribution is 2.23. The highest BCUT2D eigenvalue weighted by Gasteiger charge is 2.21. The zero-order valence-corrected chi connectivity index (χ0v) is 28.2. The van der Waals surface area contributed by atoms with Crippen LogP contribution < -0.4 is 4.74 Å². The van der Waals surface area contributed by atoms with Gasteiger partial charge in [0.1, 0.15) is 5.75 Å². The van der Waals surface area contributed by atoms with E-state index >= 15 is 0 Å². The molecule has 0 amide bonds. The molecule has 3 aromatic carbocycles. The van der Waals surface area contributed by atoms with Gasteiger partial charge in [-0.25, -0.2) is 14.4 Å². The molecule has 0 heterocycles. The van der Waals surface area contributed by atoms with Crippen LogP contribution in [0.1, 0.15) is 125 Å². The molecule has 0 aromatic heterocycles. The standard InChI is InChI=1S/C40H52O6/c1-5-7-8-9-10-11-12-13-14-15-16-32-17-19-33(20-18-32)34-21-23-35(24-22-34)40(43)46-37-27-25-36(26-28-37)39(42)45-31(4)38(41)44-29-30(3)6-2/h17-28,30-31H,5-16,29H2,1-4H3/t30-,31-/m0/s1. The first-order chi connectivity index (χ1) is 22.3. The maximum Gasteiger partial charge on any atom is 0.347 e. The van der Waals surface area contributed by atoms with Crippen molar-refractivity contribution in [2.75, 3.05) is 6.61 Å². The van der Waals surface area contributed by atoms with Gasteiger partial charge in [0.05, 0.1) is 17.7 Å². The summed E-state index contributed by atoms with van der Waals surface area (Å²) in [4.78, 5) is 37.3. The Kier molecular flexibility index (Phi) is 16.1. The number of carbonyl (C=O) groups excluding carboxylic acids is 3. The molecule has 6 nitrogen and oxygen atoms in total. The lowest BCUT2D eigenvalue weighted by Gasteiger charge is -2.15. The van der Waals surface area contributed by atoms with Crippen LogP contribution in [0.25, 0.3) is 11.1 Å². The first kappa shape index (κ1) is 36.5. The van der Waals surface area contributed by atoms with E-state index in [1.54, 1.807) is 12.1 Å². The molecule has 0 aliphatic heterocycles. The number of aryl methyl sites for hydroxylation is 1. The summed E-state index contributed by atoms with van der Waals surface area (Å²) in [5.74, 6) is -1.20. The van der Waals surface area contributed by atoms with Crippen LogP contribution in [-0.2, 0) is 20.7 Å². The van der Waals surface area contributed by atoms with Gasteiger partial charge in [-0.1, -0.05) is 121 Å². The number of ether oxygens (including phenoxy) is 3. The summed E-state index contributed by atoms with van der Waals surface area (Å²) >= 11 is 0. The fourth-order valence-electron chi connectivity index (χ4n) is 5.04. The van der Waals surface area contributed by atoms with E-state index in [0.29, 0.717) is 11.3 Å². The summed E-state index contributed by atoms with van der Waals surface area (Å²) in [6, 6.07) is 22.0. The third-order valence-corrected chi connectivity index (χ3v) is 8.35. The number of benzene rings is 3. The van der Waals surface area contributed by atoms with E-state index in [2.05, 4.69) is 31.2 Å². The molecule has 46 heavy (non-hydrogen) atoms. The van der Waals surface area contributed by atoms with Crippen molar-refractivity contribution in [1.29, 1.82) is 0 Å². The fourth-order valence-corrected chi connectivity index (χ4v) is 5.04. The molecule has 3 rings (SSSR count). The highest BCUT2D eigenvalue weighted by atomic mass is 16.6. The number of esters is 3. The largest absolute Gasteiger partial charge is 0.463 e. The normalized spacial score (nSPS) is 12.3. The number of hydrogen-bond acceptors (Lipinski definition) is 6. The van der Waals surface area contributed by atoms with Gasteiger partial charge < -0.3 is 14.2 Å². The molecule has 0 radical (unpaired) electrons. The maximum atomic E-state index is 12.7. The number of hydrogen-bond donors (Lipinski definition) is 0. The van der Waals surface area contributed by atoms with Gasteiger partial charge in [0, 0.05) is 0 Å². The summed E-state index contributed by atoms with van der Waals surface area (Å²) in [6.45, 7) is 8.02. The third kappa shape index (κ3) is 12.8. The van der Waals surface area contributed by atoms with Gasteiger partial charge in [-0.15, -0.1) is 0 Å². The highest BCUT2D eigenvalue weighted by molar-refractivity contribution is 5.93. The molecular weight excluding hydrogens is 576 g/mol. The molecule has 6 heteroatoms. The van der Waals surface area contributed by atoms with E-state index in [9.17, 15) is 14.4 Å². The molecule has 3 aromatic rings. The van der Waals surface area contributed by atoms with Crippen LogP contribution >= 0.6 is 0 Å². The van der Waals surface area contributed by atoms with Crippen molar-refractivity contribution in [2.45, 2.75) is 111 Å². The van der Waals surface area contributed by atoms with Crippen LogP contribution in [0.2, 0.25) is 0 Å². The smallest absolute Gasteiger partial charge is 0.347 e. The van der Waals surface area contributed by atoms with E-state index in [0.717, 1.165) is 24.0 Å². The van der Waals surface area contributed by atoms with Gasteiger partial charge in [-0.3, -0.25) is 0 Å². The van der Waals surface area contributed by atoms with Crippen molar-refractivity contribution < 1.29 is 28.6 Å². The van der Waals surface area contributed by atoms with Gasteiger partial charge in [-0.2, -0.15) is 0 Å². The first-order valence-electron chi connectivity index (χ1n) is 17.2. The minimum Gasteiger partial charge on any atom is -0.463 e. The van der Waals surface area contributed by atoms with E-state index < -0.39 is 24.0 Å². The minimum atomic E-state index is -1.02. The third-order valence-electron chi connectivity index (χ3n) is 8.35. The predicted molar refractivity (Wildman–Crippen MR) is 184 cm³/mol. The van der Waals surface area contributed by atoms with Crippen LogP contribution in [0.15, 0.2) is 72.8 Å². The van der Waals surface area contributed by atoms with Gasteiger partial charge in [0.25, 0.3) is 0 Å². The summed E-state index contributed by atoms with van der Waals surface area (Å²) in [5.41, 5.74) is 4.15. The average molecular weight is 629 g/mol. The zero-order chi connectivity index (χ0) is 33.1. The van der Waals surface area contributed by atoms with Crippen molar-refractivity contribution in [1.82, 2.24) is 0 Å². The zero-order valence-electron chi connectivity index (χ0n) is 28.2. The molecule has 0 fully saturated rings. The molecule has 248 valence electrons. The Labute approximate surface area is 275 Å². The Morgan fingerprint density at radius 2 is 1.11 bits per heavy atom. The monoisotopic (exact) mass is 628 g/mol. The quantitative estimate of drug-likeness (QED) is 0.0704. The minimum absolute atomic E-state index is 0.236. The van der Waals surface area contributed by atoms with E-state index in [1.807, 2.05) is 26.0 Å². The fraction of sp³-hybridized carbons (Fsp3) is 0.475. The second-order valence-electron chi connectivity index (χ2n) is 12.3. The van der Waals surface area contributed by atoms with Crippen molar-refractivity contribution >= 4 is 17.9 Å². The maximum absolute atomic E-state index is 12.7. The lowest BCUT2D eigenvalue weighted by molar-refractivity contribution is -0.154. The Bertz CT molecular complexity index is 1330. The Balaban J connectivity index is 1.40. The summed E-state index contributed by atoms with van der Waals surface area (Å²) in [6.07, 6.45) is 14.4. The molecule has 2 atom stereocenters. The summed E-state index contributed by atoms with van der Waals surface area (Å²) in [7, 11) is 0. The molecule has 0 unspecified atom stereocenters. The topological polar surface area (TPSA) is 78.9 Å². The van der Waals surface area contributed by atoms with E-state index in [-0.39, 0.29) is 18.1 Å². The first-order valence-corrected chi connectivity index (χ1v) is 17.2. The summed E-state index contributed by atoms with van der Waals surface area (Å²) in [5, 5.41) is 0. The lowest BCUT2D eigenvalue weighted by atomic mass is 10.00. The van der Waals surface area contributed by atoms with Crippen LogP contribution in [0.3, 0.4) is 0 Å². The predicted octanol–water partition coefficient (Wildman–Crippen LogP) is 10.2. The molecule has 0 saturated carbocycles. The molecular formula is C40H52O6. The second-order valence-corrected chi connectivity index (χ2v) is 12.3. The van der Waals surface area contributed by atoms with E-state index in [4.69, 9.17) is 14.2 Å². The number of unbranched alkanes of at least 4 members (excludes halogenated alkanes) is 9. The van der Waals surface area contributed by atoms with Crippen LogP contribution in [0.4, 0.5) is 0 Å². The Morgan fingerprint density at radius 3 is 1.67 bits per heavy atom. The van der Waals surface area contributed by atoms with Gasteiger partial charge in [-0.05, 0) is 78.8 Å². The Morgan fingerprint density at radius 1 is 0.609 bits per heavy atom. The second kappa shape index (κ2) is 20.2. The molecule has 0 N–H and O–H groups in total.